The van der Waals surface area contributed by atoms with E-state index in [-0.39, 0.29) is 11.4 Å². The van der Waals surface area contributed by atoms with Gasteiger partial charge in [-0.3, -0.25) is 0 Å². The van der Waals surface area contributed by atoms with E-state index in [2.05, 4.69) is 30.7 Å². The van der Waals surface area contributed by atoms with E-state index in [9.17, 15) is 0 Å². The van der Waals surface area contributed by atoms with Crippen LogP contribution >= 0.6 is 11.8 Å². The van der Waals surface area contributed by atoms with Crippen LogP contribution in [0.1, 0.15) is 26.3 Å². The third-order valence-electron chi connectivity index (χ3n) is 1.26. The molecule has 72 valence electrons. The average Bonchev–Trinajstić information content (AvgIpc) is 2.03. The van der Waals surface area contributed by atoms with Crippen LogP contribution in [0.15, 0.2) is 17.6 Å². The van der Waals surface area contributed by atoms with E-state index in [1.165, 1.54) is 0 Å². The van der Waals surface area contributed by atoms with Crippen LogP contribution < -0.4 is 0 Å². The molecule has 0 bridgehead atoms. The monoisotopic (exact) mass is 198 g/mol. The van der Waals surface area contributed by atoms with Crippen molar-refractivity contribution in [3.05, 3.63) is 18.0 Å². The van der Waals surface area contributed by atoms with Crippen LogP contribution in [0.5, 0.6) is 0 Å². The number of thioether (sulfide) groups is 1. The maximum atomic E-state index is 8.77. The highest BCUT2D eigenvalue weighted by atomic mass is 32.2. The minimum atomic E-state index is 0.000461. The Kier molecular flexibility index (Phi) is 3.27. The zero-order valence-corrected chi connectivity index (χ0v) is 8.93. The Balaban J connectivity index is 2.70. The second kappa shape index (κ2) is 4.07. The second-order valence-electron chi connectivity index (χ2n) is 3.75. The topological polar surface area (TPSA) is 46.0 Å². The van der Waals surface area contributed by atoms with Gasteiger partial charge in [-0.25, -0.2) is 9.97 Å². The first-order valence-corrected chi connectivity index (χ1v) is 4.94. The highest BCUT2D eigenvalue weighted by molar-refractivity contribution is 8.00. The van der Waals surface area contributed by atoms with Crippen LogP contribution in [0.4, 0.5) is 0 Å². The smallest absolute Gasteiger partial charge is 0.188 e. The highest BCUT2D eigenvalue weighted by Crippen LogP contribution is 2.28. The molecule has 0 aromatic carbocycles. The van der Waals surface area contributed by atoms with Gasteiger partial charge in [0.15, 0.2) is 5.16 Å². The van der Waals surface area contributed by atoms with Gasteiger partial charge in [0.1, 0.15) is 0 Å². The predicted molar refractivity (Wildman–Crippen MR) is 53.6 cm³/mol. The van der Waals surface area contributed by atoms with E-state index in [4.69, 9.17) is 5.11 Å². The van der Waals surface area contributed by atoms with Crippen molar-refractivity contribution in [1.82, 2.24) is 9.97 Å². The first kappa shape index (κ1) is 10.5. The molecule has 0 atom stereocenters. The Morgan fingerprint density at radius 3 is 2.23 bits per heavy atom. The lowest BCUT2D eigenvalue weighted by Crippen LogP contribution is -2.08. The van der Waals surface area contributed by atoms with Crippen LogP contribution in [-0.4, -0.2) is 19.8 Å². The van der Waals surface area contributed by atoms with E-state index < -0.39 is 0 Å². The van der Waals surface area contributed by atoms with Gasteiger partial charge in [-0.2, -0.15) is 0 Å². The van der Waals surface area contributed by atoms with Crippen LogP contribution in [0.3, 0.4) is 0 Å². The molecule has 0 saturated heterocycles. The summed E-state index contributed by atoms with van der Waals surface area (Å²) >= 11 is 1.62. The van der Waals surface area contributed by atoms with Crippen molar-refractivity contribution in [1.29, 1.82) is 0 Å². The van der Waals surface area contributed by atoms with Crippen molar-refractivity contribution in [2.75, 3.05) is 0 Å². The number of aromatic nitrogens is 2. The van der Waals surface area contributed by atoms with Crippen molar-refractivity contribution in [3.63, 3.8) is 0 Å². The fourth-order valence-electron chi connectivity index (χ4n) is 0.751. The summed E-state index contributed by atoms with van der Waals surface area (Å²) in [4.78, 5) is 8.25. The summed E-state index contributed by atoms with van der Waals surface area (Å²) in [5.41, 5.74) is 0.748. The van der Waals surface area contributed by atoms with E-state index in [1.807, 2.05) is 0 Å². The molecule has 0 radical (unpaired) electrons. The Morgan fingerprint density at radius 1 is 1.31 bits per heavy atom. The zero-order valence-electron chi connectivity index (χ0n) is 8.11. The lowest BCUT2D eigenvalue weighted by atomic mass is 10.3. The molecule has 4 heteroatoms. The van der Waals surface area contributed by atoms with Gasteiger partial charge >= 0.3 is 0 Å². The van der Waals surface area contributed by atoms with Gasteiger partial charge in [0.25, 0.3) is 0 Å². The summed E-state index contributed by atoms with van der Waals surface area (Å²) in [5.74, 6) is 0. The van der Waals surface area contributed by atoms with Gasteiger partial charge in [0.2, 0.25) is 0 Å². The fraction of sp³-hybridized carbons (Fsp3) is 0.556. The largest absolute Gasteiger partial charge is 0.392 e. The molecule has 0 spiro atoms. The minimum Gasteiger partial charge on any atom is -0.392 e. The van der Waals surface area contributed by atoms with Crippen molar-refractivity contribution >= 4 is 11.8 Å². The van der Waals surface area contributed by atoms with Crippen LogP contribution in [0.2, 0.25) is 0 Å². The third-order valence-corrected chi connectivity index (χ3v) is 2.27. The Morgan fingerprint density at radius 2 is 1.85 bits per heavy atom. The van der Waals surface area contributed by atoms with Crippen molar-refractivity contribution in [2.24, 2.45) is 0 Å². The molecule has 1 rings (SSSR count). The molecule has 0 aliphatic rings. The molecule has 0 amide bonds. The lowest BCUT2D eigenvalue weighted by Gasteiger charge is -2.15. The quantitative estimate of drug-likeness (QED) is 0.582. The molecule has 1 heterocycles. The van der Waals surface area contributed by atoms with Crippen molar-refractivity contribution in [2.45, 2.75) is 37.3 Å². The van der Waals surface area contributed by atoms with Gasteiger partial charge in [-0.1, -0.05) is 32.5 Å². The van der Waals surface area contributed by atoms with Gasteiger partial charge in [0.05, 0.1) is 6.61 Å². The average molecular weight is 198 g/mol. The molecule has 1 aromatic rings. The third kappa shape index (κ3) is 3.74. The number of aliphatic hydroxyl groups is 1. The molecule has 1 N–H and O–H groups in total. The molecular formula is C9H14N2OS. The lowest BCUT2D eigenvalue weighted by molar-refractivity contribution is 0.280. The van der Waals surface area contributed by atoms with Crippen molar-refractivity contribution < 1.29 is 5.11 Å². The summed E-state index contributed by atoms with van der Waals surface area (Å²) in [6, 6.07) is 0. The predicted octanol–water partition coefficient (Wildman–Crippen LogP) is 1.86. The van der Waals surface area contributed by atoms with Gasteiger partial charge in [0, 0.05) is 22.7 Å². The molecule has 0 fully saturated rings. The molecule has 13 heavy (non-hydrogen) atoms. The summed E-state index contributed by atoms with van der Waals surface area (Å²) in [5, 5.41) is 9.53. The van der Waals surface area contributed by atoms with Gasteiger partial charge in [-0.05, 0) is 0 Å². The van der Waals surface area contributed by atoms with Gasteiger partial charge in [-0.15, -0.1) is 0 Å². The molecule has 0 aliphatic heterocycles. The van der Waals surface area contributed by atoms with E-state index in [1.54, 1.807) is 24.2 Å². The van der Waals surface area contributed by atoms with E-state index in [0.717, 1.165) is 10.7 Å². The molecule has 1 aromatic heterocycles. The molecule has 0 unspecified atom stereocenters. The first-order chi connectivity index (χ1) is 6.01. The number of aliphatic hydroxyl groups excluding tert-OH is 1. The molecule has 3 nitrogen and oxygen atoms in total. The summed E-state index contributed by atoms with van der Waals surface area (Å²) in [6.07, 6.45) is 3.31. The Hall–Kier alpha value is -0.610. The Labute approximate surface area is 82.6 Å². The molecule has 0 aliphatic carbocycles. The van der Waals surface area contributed by atoms with Crippen LogP contribution in [-0.2, 0) is 6.61 Å². The number of hydrogen-bond donors (Lipinski definition) is 1. The SMILES string of the molecule is CC(C)(C)Sc1ncc(CO)cn1. The highest BCUT2D eigenvalue weighted by Gasteiger charge is 2.13. The van der Waals surface area contributed by atoms with Crippen molar-refractivity contribution in [3.8, 4) is 0 Å². The maximum Gasteiger partial charge on any atom is 0.188 e. The maximum absolute atomic E-state index is 8.77. The van der Waals surface area contributed by atoms with Crippen LogP contribution in [0, 0.1) is 0 Å². The number of hydrogen-bond acceptors (Lipinski definition) is 4. The Bertz CT molecular complexity index is 266. The zero-order chi connectivity index (χ0) is 9.90. The number of rotatable bonds is 2. The van der Waals surface area contributed by atoms with Gasteiger partial charge < -0.3 is 5.11 Å². The fourth-order valence-corrected chi connectivity index (χ4v) is 1.51. The summed E-state index contributed by atoms with van der Waals surface area (Å²) in [7, 11) is 0. The van der Waals surface area contributed by atoms with E-state index in [0.29, 0.717) is 0 Å². The minimum absolute atomic E-state index is 0.000461. The molecular weight excluding hydrogens is 184 g/mol. The summed E-state index contributed by atoms with van der Waals surface area (Å²) < 4.78 is 0.126. The normalized spacial score (nSPS) is 11.7. The molecule has 0 saturated carbocycles. The summed E-state index contributed by atoms with van der Waals surface area (Å²) in [6.45, 7) is 6.34. The van der Waals surface area contributed by atoms with E-state index >= 15 is 0 Å². The first-order valence-electron chi connectivity index (χ1n) is 4.12. The second-order valence-corrected chi connectivity index (χ2v) is 5.54. The van der Waals surface area contributed by atoms with Crippen LogP contribution in [0.25, 0.3) is 0 Å². The number of nitrogens with zero attached hydrogens (tertiary/aromatic N) is 2. The standard InChI is InChI=1S/C9H14N2OS/c1-9(2,3)13-8-10-4-7(6-12)5-11-8/h4-5,12H,6H2,1-3H3.